The van der Waals surface area contributed by atoms with Crippen molar-refractivity contribution in [2.75, 3.05) is 6.54 Å². The average molecular weight is 218 g/mol. The van der Waals surface area contributed by atoms with Crippen LogP contribution in [0.5, 0.6) is 0 Å². The Morgan fingerprint density at radius 3 is 2.07 bits per heavy atom. The Hall–Kier alpha value is -1.23. The molecule has 0 radical (unpaired) electrons. The maximum absolute atomic E-state index is 10.3. The Labute approximate surface area is 88.6 Å². The molecule has 88 valence electrons. The molecule has 0 aromatic carbocycles. The van der Waals surface area contributed by atoms with Crippen molar-refractivity contribution < 1.29 is 19.5 Å². The highest BCUT2D eigenvalue weighted by Crippen LogP contribution is 2.03. The molecule has 0 bridgehead atoms. The summed E-state index contributed by atoms with van der Waals surface area (Å²) in [6, 6.07) is -0.692. The van der Waals surface area contributed by atoms with E-state index in [9.17, 15) is 4.79 Å². The van der Waals surface area contributed by atoms with E-state index >= 15 is 0 Å². The fraction of sp³-hybridized carbons (Fsp3) is 0.778. The summed E-state index contributed by atoms with van der Waals surface area (Å²) in [4.78, 5) is 26.5. The lowest BCUT2D eigenvalue weighted by Gasteiger charge is -2.04. The minimum absolute atomic E-state index is 0.250. The summed E-state index contributed by atoms with van der Waals surface area (Å²) in [6.07, 6.45) is 4.82. The minimum atomic E-state index is -0.908. The second-order valence-electron chi connectivity index (χ2n) is 3.02. The highest BCUT2D eigenvalue weighted by Gasteiger charge is 2.09. The van der Waals surface area contributed by atoms with Gasteiger partial charge in [0.15, 0.2) is 0 Å². The summed E-state index contributed by atoms with van der Waals surface area (Å²) in [5, 5.41) is 8.44. The summed E-state index contributed by atoms with van der Waals surface area (Å²) < 4.78 is 0. The SMILES string of the molecule is NCCCCCC[C@H](N)C(=O)O.O=C=O. The maximum atomic E-state index is 10.3. The van der Waals surface area contributed by atoms with Crippen LogP contribution in [0.1, 0.15) is 32.1 Å². The molecule has 5 N–H and O–H groups in total. The van der Waals surface area contributed by atoms with E-state index in [2.05, 4.69) is 0 Å². The van der Waals surface area contributed by atoms with Crippen molar-refractivity contribution >= 4 is 12.1 Å². The molecule has 0 fully saturated rings. The van der Waals surface area contributed by atoms with Gasteiger partial charge in [-0.25, -0.2) is 0 Å². The monoisotopic (exact) mass is 218 g/mol. The lowest BCUT2D eigenvalue weighted by atomic mass is 10.1. The number of rotatable bonds is 7. The van der Waals surface area contributed by atoms with Crippen LogP contribution >= 0.6 is 0 Å². The van der Waals surface area contributed by atoms with Crippen molar-refractivity contribution in [2.24, 2.45) is 11.5 Å². The zero-order valence-electron chi connectivity index (χ0n) is 8.65. The van der Waals surface area contributed by atoms with Gasteiger partial charge in [-0.15, -0.1) is 0 Å². The van der Waals surface area contributed by atoms with Crippen molar-refractivity contribution in [3.05, 3.63) is 0 Å². The highest BCUT2D eigenvalue weighted by atomic mass is 16.4. The Morgan fingerprint density at radius 1 is 1.20 bits per heavy atom. The van der Waals surface area contributed by atoms with Gasteiger partial charge in [-0.2, -0.15) is 9.59 Å². The molecule has 0 aliphatic heterocycles. The Morgan fingerprint density at radius 2 is 1.67 bits per heavy atom. The molecule has 0 saturated carbocycles. The molecule has 6 nitrogen and oxygen atoms in total. The first-order valence-corrected chi connectivity index (χ1v) is 4.77. The van der Waals surface area contributed by atoms with Crippen molar-refractivity contribution in [1.29, 1.82) is 0 Å². The first-order valence-electron chi connectivity index (χ1n) is 4.77. The Kier molecular flexibility index (Phi) is 13.8. The molecule has 0 amide bonds. The average Bonchev–Trinajstić information content (AvgIpc) is 2.18. The number of carbonyl (C=O) groups is 1. The van der Waals surface area contributed by atoms with Gasteiger partial charge in [0.2, 0.25) is 0 Å². The van der Waals surface area contributed by atoms with Crippen LogP contribution in [-0.4, -0.2) is 29.8 Å². The van der Waals surface area contributed by atoms with Gasteiger partial charge in [-0.3, -0.25) is 4.79 Å². The number of carboxylic acids is 1. The molecule has 0 spiro atoms. The van der Waals surface area contributed by atoms with Crippen LogP contribution < -0.4 is 11.5 Å². The van der Waals surface area contributed by atoms with E-state index in [1.807, 2.05) is 0 Å². The fourth-order valence-electron chi connectivity index (χ4n) is 0.986. The zero-order valence-corrected chi connectivity index (χ0v) is 8.65. The van der Waals surface area contributed by atoms with Crippen molar-refractivity contribution in [3.8, 4) is 0 Å². The third kappa shape index (κ3) is 15.5. The molecule has 6 heteroatoms. The van der Waals surface area contributed by atoms with E-state index in [1.54, 1.807) is 0 Å². The van der Waals surface area contributed by atoms with Crippen molar-refractivity contribution in [1.82, 2.24) is 0 Å². The Bertz CT molecular complexity index is 191. The molecule has 1 atom stereocenters. The summed E-state index contributed by atoms with van der Waals surface area (Å²) >= 11 is 0. The molecule has 0 aliphatic rings. The molecule has 0 aliphatic carbocycles. The molecular formula is C9H18N2O4. The molecule has 0 aromatic heterocycles. The second-order valence-corrected chi connectivity index (χ2v) is 3.02. The third-order valence-corrected chi connectivity index (χ3v) is 1.79. The van der Waals surface area contributed by atoms with Gasteiger partial charge >= 0.3 is 12.1 Å². The summed E-state index contributed by atoms with van der Waals surface area (Å²) in [6.45, 7) is 0.713. The van der Waals surface area contributed by atoms with Gasteiger partial charge in [0, 0.05) is 0 Å². The molecular weight excluding hydrogens is 200 g/mol. The minimum Gasteiger partial charge on any atom is -0.480 e. The number of hydrogen-bond acceptors (Lipinski definition) is 5. The van der Waals surface area contributed by atoms with Crippen molar-refractivity contribution in [2.45, 2.75) is 38.1 Å². The van der Waals surface area contributed by atoms with E-state index in [0.717, 1.165) is 25.7 Å². The van der Waals surface area contributed by atoms with Gasteiger partial charge in [-0.05, 0) is 19.4 Å². The highest BCUT2D eigenvalue weighted by molar-refractivity contribution is 5.72. The Balaban J connectivity index is 0. The molecule has 0 aromatic rings. The van der Waals surface area contributed by atoms with E-state index in [1.165, 1.54) is 0 Å². The smallest absolute Gasteiger partial charge is 0.373 e. The first kappa shape index (κ1) is 16.2. The standard InChI is InChI=1S/C8H18N2O2.CO2/c9-6-4-2-1-3-5-7(10)8(11)12;2-1-3/h7H,1-6,9-10H2,(H,11,12);/t7-;/m0./s1. The molecule has 15 heavy (non-hydrogen) atoms. The second kappa shape index (κ2) is 12.8. The number of nitrogens with two attached hydrogens (primary N) is 2. The number of hydrogen-bond donors (Lipinski definition) is 3. The van der Waals surface area contributed by atoms with Crippen LogP contribution in [0.2, 0.25) is 0 Å². The lowest BCUT2D eigenvalue weighted by molar-refractivity contribution is -0.191. The number of unbranched alkanes of at least 4 members (excludes halogenated alkanes) is 3. The third-order valence-electron chi connectivity index (χ3n) is 1.79. The van der Waals surface area contributed by atoms with Crippen LogP contribution in [-0.2, 0) is 14.4 Å². The van der Waals surface area contributed by atoms with Crippen LogP contribution in [0.3, 0.4) is 0 Å². The van der Waals surface area contributed by atoms with Crippen LogP contribution in [0.15, 0.2) is 0 Å². The number of carbonyl (C=O) groups excluding carboxylic acids is 2. The molecule has 0 unspecified atom stereocenters. The van der Waals surface area contributed by atoms with Crippen LogP contribution in [0, 0.1) is 0 Å². The molecule has 0 rings (SSSR count). The topological polar surface area (TPSA) is 123 Å². The van der Waals surface area contributed by atoms with Gasteiger partial charge < -0.3 is 16.6 Å². The summed E-state index contributed by atoms with van der Waals surface area (Å²) in [5.74, 6) is -0.908. The fourth-order valence-corrected chi connectivity index (χ4v) is 0.986. The summed E-state index contributed by atoms with van der Waals surface area (Å²) in [5.41, 5.74) is 10.6. The predicted molar refractivity (Wildman–Crippen MR) is 52.8 cm³/mol. The van der Waals surface area contributed by atoms with Gasteiger partial charge in [0.05, 0.1) is 0 Å². The normalized spacial score (nSPS) is 10.8. The van der Waals surface area contributed by atoms with Gasteiger partial charge in [0.1, 0.15) is 6.04 Å². The van der Waals surface area contributed by atoms with Crippen molar-refractivity contribution in [3.63, 3.8) is 0 Å². The number of aliphatic carboxylic acids is 1. The number of carboxylic acid groups (broad SMARTS) is 1. The van der Waals surface area contributed by atoms with Crippen LogP contribution in [0.25, 0.3) is 0 Å². The van der Waals surface area contributed by atoms with E-state index < -0.39 is 12.0 Å². The van der Waals surface area contributed by atoms with E-state index in [4.69, 9.17) is 26.2 Å². The first-order chi connectivity index (χ1) is 7.09. The van der Waals surface area contributed by atoms with Gasteiger partial charge in [-0.1, -0.05) is 19.3 Å². The van der Waals surface area contributed by atoms with E-state index in [-0.39, 0.29) is 6.15 Å². The van der Waals surface area contributed by atoms with Gasteiger partial charge in [0.25, 0.3) is 0 Å². The van der Waals surface area contributed by atoms with E-state index in [0.29, 0.717) is 13.0 Å². The lowest BCUT2D eigenvalue weighted by Crippen LogP contribution is -2.29. The van der Waals surface area contributed by atoms with Crippen LogP contribution in [0.4, 0.5) is 0 Å². The summed E-state index contributed by atoms with van der Waals surface area (Å²) in [7, 11) is 0. The largest absolute Gasteiger partial charge is 0.480 e. The zero-order chi connectivity index (χ0) is 12.1. The predicted octanol–water partition coefficient (Wildman–Crippen LogP) is -0.276. The maximum Gasteiger partial charge on any atom is 0.373 e. The molecule has 0 heterocycles. The molecule has 0 saturated heterocycles. The quantitative estimate of drug-likeness (QED) is 0.505.